The van der Waals surface area contributed by atoms with Gasteiger partial charge in [-0.05, 0) is 49.6 Å². The minimum Gasteiger partial charge on any atom is -0.508 e. The van der Waals surface area contributed by atoms with Crippen LogP contribution in [0.3, 0.4) is 0 Å². The third-order valence-corrected chi connectivity index (χ3v) is 3.82. The molecule has 2 rings (SSSR count). The predicted octanol–water partition coefficient (Wildman–Crippen LogP) is 2.75. The van der Waals surface area contributed by atoms with Gasteiger partial charge in [0, 0.05) is 6.07 Å². The van der Waals surface area contributed by atoms with Gasteiger partial charge in [0.1, 0.15) is 11.5 Å². The van der Waals surface area contributed by atoms with E-state index in [9.17, 15) is 20.0 Å². The van der Waals surface area contributed by atoms with Crippen molar-refractivity contribution in [3.8, 4) is 11.5 Å². The number of nitro groups is 1. The van der Waals surface area contributed by atoms with Crippen LogP contribution >= 0.6 is 0 Å². The molecule has 26 heavy (non-hydrogen) atoms. The number of nitro benzene ring substituents is 1. The molecule has 0 aliphatic heterocycles. The smallest absolute Gasteiger partial charge is 0.278 e. The molecule has 8 nitrogen and oxygen atoms in total. The molecule has 2 aromatic rings. The number of aryl methyl sites for hydroxylation is 2. The molecule has 0 spiro atoms. The van der Waals surface area contributed by atoms with E-state index in [2.05, 4.69) is 10.5 Å². The van der Waals surface area contributed by atoms with E-state index in [1.165, 1.54) is 12.1 Å². The summed E-state index contributed by atoms with van der Waals surface area (Å²) in [5, 5.41) is 24.0. The molecule has 0 bridgehead atoms. The van der Waals surface area contributed by atoms with Gasteiger partial charge in [-0.25, -0.2) is 5.43 Å². The molecule has 8 heteroatoms. The fourth-order valence-electron chi connectivity index (χ4n) is 2.30. The lowest BCUT2D eigenvalue weighted by Gasteiger charge is -2.13. The molecule has 136 valence electrons. The third kappa shape index (κ3) is 4.56. The summed E-state index contributed by atoms with van der Waals surface area (Å²) in [7, 11) is 0. The maximum atomic E-state index is 11.9. The summed E-state index contributed by atoms with van der Waals surface area (Å²) in [6, 6.07) is 7.43. The van der Waals surface area contributed by atoms with Crippen LogP contribution in [-0.4, -0.2) is 28.8 Å². The largest absolute Gasteiger partial charge is 0.508 e. The summed E-state index contributed by atoms with van der Waals surface area (Å²) < 4.78 is 5.56. The van der Waals surface area contributed by atoms with E-state index < -0.39 is 10.8 Å². The fourth-order valence-corrected chi connectivity index (χ4v) is 2.30. The first-order valence-corrected chi connectivity index (χ1v) is 7.78. The van der Waals surface area contributed by atoms with Crippen molar-refractivity contribution in [2.75, 3.05) is 6.61 Å². The van der Waals surface area contributed by atoms with Crippen LogP contribution in [0, 0.1) is 30.9 Å². The molecule has 0 fully saturated rings. The van der Waals surface area contributed by atoms with E-state index in [4.69, 9.17) is 4.74 Å². The number of phenolic OH excluding ortho intramolecular Hbond substituents is 1. The van der Waals surface area contributed by atoms with E-state index in [1.807, 2.05) is 32.9 Å². The van der Waals surface area contributed by atoms with Crippen LogP contribution in [0.1, 0.15) is 22.3 Å². The Balaban J connectivity index is 2.00. The highest BCUT2D eigenvalue weighted by Gasteiger charge is 2.13. The predicted molar refractivity (Wildman–Crippen MR) is 96.6 cm³/mol. The second-order valence-electron chi connectivity index (χ2n) is 5.74. The zero-order chi connectivity index (χ0) is 19.3. The van der Waals surface area contributed by atoms with Crippen LogP contribution in [0.4, 0.5) is 5.69 Å². The lowest BCUT2D eigenvalue weighted by Crippen LogP contribution is -2.25. The van der Waals surface area contributed by atoms with Crippen molar-refractivity contribution in [2.45, 2.75) is 20.8 Å². The number of nitrogens with zero attached hydrogens (tertiary/aromatic N) is 2. The molecule has 1 amide bonds. The summed E-state index contributed by atoms with van der Waals surface area (Å²) in [4.78, 5) is 22.2. The van der Waals surface area contributed by atoms with E-state index in [0.717, 1.165) is 29.0 Å². The lowest BCUT2D eigenvalue weighted by molar-refractivity contribution is -0.385. The zero-order valence-corrected chi connectivity index (χ0v) is 14.6. The highest BCUT2D eigenvalue weighted by atomic mass is 16.6. The molecule has 0 saturated carbocycles. The Labute approximate surface area is 150 Å². The first-order valence-electron chi connectivity index (χ1n) is 7.78. The molecule has 2 N–H and O–H groups in total. The highest BCUT2D eigenvalue weighted by molar-refractivity contribution is 5.87. The van der Waals surface area contributed by atoms with Crippen LogP contribution < -0.4 is 10.2 Å². The van der Waals surface area contributed by atoms with E-state index in [-0.39, 0.29) is 23.6 Å². The van der Waals surface area contributed by atoms with Gasteiger partial charge in [0.15, 0.2) is 6.61 Å². The Hall–Kier alpha value is -3.42. The monoisotopic (exact) mass is 357 g/mol. The number of carbonyl (C=O) groups is 1. The zero-order valence-electron chi connectivity index (χ0n) is 14.6. The number of nitrogens with one attached hydrogen (secondary N) is 1. The van der Waals surface area contributed by atoms with Crippen LogP contribution in [0.5, 0.6) is 11.5 Å². The molecule has 0 heterocycles. The van der Waals surface area contributed by atoms with Crippen LogP contribution in [0.15, 0.2) is 35.4 Å². The summed E-state index contributed by atoms with van der Waals surface area (Å²) in [6.07, 6.45) is 1.10. The van der Waals surface area contributed by atoms with Gasteiger partial charge in [-0.2, -0.15) is 5.10 Å². The first-order chi connectivity index (χ1) is 12.3. The standard InChI is InChI=1S/C18H19N3O5/c1-11-4-5-12(2)18(13(11)3)26-10-17(23)20-19-9-14-8-15(22)6-7-16(14)21(24)25/h4-9,22H,10H2,1-3H3,(H,20,23). The number of hydrazone groups is 1. The second-order valence-corrected chi connectivity index (χ2v) is 5.74. The fraction of sp³-hybridized carbons (Fsp3) is 0.222. The van der Waals surface area contributed by atoms with Crippen LogP contribution in [-0.2, 0) is 4.79 Å². The van der Waals surface area contributed by atoms with E-state index >= 15 is 0 Å². The summed E-state index contributed by atoms with van der Waals surface area (Å²) >= 11 is 0. The van der Waals surface area contributed by atoms with Crippen molar-refractivity contribution in [3.63, 3.8) is 0 Å². The third-order valence-electron chi connectivity index (χ3n) is 3.82. The van der Waals surface area contributed by atoms with Gasteiger partial charge in [-0.3, -0.25) is 14.9 Å². The maximum absolute atomic E-state index is 11.9. The molecule has 0 atom stereocenters. The van der Waals surface area contributed by atoms with Gasteiger partial charge < -0.3 is 9.84 Å². The van der Waals surface area contributed by atoms with Crippen LogP contribution in [0.25, 0.3) is 0 Å². The highest BCUT2D eigenvalue weighted by Crippen LogP contribution is 2.25. The topological polar surface area (TPSA) is 114 Å². The Kier molecular flexibility index (Phi) is 5.90. The van der Waals surface area contributed by atoms with Gasteiger partial charge in [-0.15, -0.1) is 0 Å². The van der Waals surface area contributed by atoms with Gasteiger partial charge in [0.25, 0.3) is 11.6 Å². The van der Waals surface area contributed by atoms with Gasteiger partial charge in [0.05, 0.1) is 16.7 Å². The molecule has 0 aliphatic rings. The minimum atomic E-state index is -0.602. The first kappa shape index (κ1) is 18.9. The Morgan fingerprint density at radius 2 is 1.96 bits per heavy atom. The minimum absolute atomic E-state index is 0.0709. The Morgan fingerprint density at radius 1 is 1.27 bits per heavy atom. The number of hydrogen-bond donors (Lipinski definition) is 2. The quantitative estimate of drug-likeness (QED) is 0.469. The number of aromatic hydroxyl groups is 1. The van der Waals surface area contributed by atoms with Crippen molar-refractivity contribution in [1.29, 1.82) is 0 Å². The number of hydrogen-bond acceptors (Lipinski definition) is 6. The van der Waals surface area contributed by atoms with E-state index in [1.54, 1.807) is 0 Å². The summed E-state index contributed by atoms with van der Waals surface area (Å²) in [5.41, 5.74) is 5.01. The molecule has 0 aliphatic carbocycles. The average Bonchev–Trinajstić information content (AvgIpc) is 2.58. The lowest BCUT2D eigenvalue weighted by atomic mass is 10.1. The van der Waals surface area contributed by atoms with Crippen molar-refractivity contribution in [3.05, 3.63) is 62.7 Å². The second kappa shape index (κ2) is 8.11. The number of amides is 1. The molecule has 0 saturated heterocycles. The number of rotatable bonds is 6. The molecular formula is C18H19N3O5. The van der Waals surface area contributed by atoms with Crippen molar-refractivity contribution < 1.29 is 19.6 Å². The average molecular weight is 357 g/mol. The van der Waals surface area contributed by atoms with Crippen molar-refractivity contribution >= 4 is 17.8 Å². The summed E-state index contributed by atoms with van der Waals surface area (Å²) in [5.74, 6) is -0.00535. The Bertz CT molecular complexity index is 877. The number of ether oxygens (including phenoxy) is 1. The van der Waals surface area contributed by atoms with E-state index in [0.29, 0.717) is 5.75 Å². The molecule has 0 unspecified atom stereocenters. The van der Waals surface area contributed by atoms with Gasteiger partial charge >= 0.3 is 0 Å². The molecule has 0 radical (unpaired) electrons. The van der Waals surface area contributed by atoms with Crippen molar-refractivity contribution in [1.82, 2.24) is 5.43 Å². The van der Waals surface area contributed by atoms with Crippen molar-refractivity contribution in [2.24, 2.45) is 5.10 Å². The summed E-state index contributed by atoms with van der Waals surface area (Å²) in [6.45, 7) is 5.51. The van der Waals surface area contributed by atoms with Crippen LogP contribution in [0.2, 0.25) is 0 Å². The SMILES string of the molecule is Cc1ccc(C)c(OCC(=O)NN=Cc2cc(O)ccc2[N+](=O)[O-])c1C. The van der Waals surface area contributed by atoms with Gasteiger partial charge in [0.2, 0.25) is 0 Å². The molecular weight excluding hydrogens is 338 g/mol. The maximum Gasteiger partial charge on any atom is 0.278 e. The van der Waals surface area contributed by atoms with Gasteiger partial charge in [-0.1, -0.05) is 12.1 Å². The number of benzene rings is 2. The normalized spacial score (nSPS) is 10.7. The number of carbonyl (C=O) groups excluding carboxylic acids is 1. The Morgan fingerprint density at radius 3 is 2.65 bits per heavy atom. The molecule has 2 aromatic carbocycles. The number of phenols is 1. The molecule has 0 aromatic heterocycles.